The van der Waals surface area contributed by atoms with Crippen molar-refractivity contribution in [1.82, 2.24) is 9.80 Å². The minimum absolute atomic E-state index is 0.00997. The fraction of sp³-hybridized carbons (Fsp3) is 0.360. The van der Waals surface area contributed by atoms with Crippen LogP contribution in [0, 0.1) is 17.8 Å². The molecule has 0 radical (unpaired) electrons. The molecule has 2 aromatic rings. The summed E-state index contributed by atoms with van der Waals surface area (Å²) in [6.07, 6.45) is 2.41. The van der Waals surface area contributed by atoms with Crippen LogP contribution < -0.4 is 0 Å². The average Bonchev–Trinajstić information content (AvgIpc) is 3.59. The van der Waals surface area contributed by atoms with Gasteiger partial charge in [-0.3, -0.25) is 9.59 Å². The number of carbonyl (C=O) groups is 2. The van der Waals surface area contributed by atoms with Crippen molar-refractivity contribution < 1.29 is 14.7 Å². The highest BCUT2D eigenvalue weighted by molar-refractivity contribution is 5.97. The van der Waals surface area contributed by atoms with Gasteiger partial charge in [-0.05, 0) is 42.7 Å². The molecule has 0 aromatic heterocycles. The van der Waals surface area contributed by atoms with Crippen LogP contribution in [0.25, 0.3) is 0 Å². The number of nitrogens with zero attached hydrogens (tertiary/aromatic N) is 2. The number of aliphatic hydroxyl groups is 1. The first-order valence-corrected chi connectivity index (χ1v) is 10.5. The zero-order valence-electron chi connectivity index (χ0n) is 16.7. The van der Waals surface area contributed by atoms with Crippen molar-refractivity contribution in [2.24, 2.45) is 5.92 Å². The summed E-state index contributed by atoms with van der Waals surface area (Å²) in [7, 11) is 0. The number of aliphatic hydroxyl groups excluding tert-OH is 1. The van der Waals surface area contributed by atoms with Gasteiger partial charge in [-0.15, -0.1) is 0 Å². The van der Waals surface area contributed by atoms with E-state index in [0.29, 0.717) is 18.0 Å². The molecule has 1 aliphatic carbocycles. The molecule has 3 aliphatic rings. The van der Waals surface area contributed by atoms with Crippen LogP contribution in [-0.4, -0.2) is 58.5 Å². The van der Waals surface area contributed by atoms with E-state index in [4.69, 9.17) is 0 Å². The number of piperazine rings is 1. The molecule has 1 N–H and O–H groups in total. The predicted molar refractivity (Wildman–Crippen MR) is 113 cm³/mol. The van der Waals surface area contributed by atoms with Gasteiger partial charge in [0.15, 0.2) is 0 Å². The molecule has 2 aliphatic heterocycles. The molecule has 3 atom stereocenters. The summed E-state index contributed by atoms with van der Waals surface area (Å²) < 4.78 is 0. The van der Waals surface area contributed by atoms with Crippen LogP contribution in [0.15, 0.2) is 54.6 Å². The van der Waals surface area contributed by atoms with Gasteiger partial charge in [-0.2, -0.15) is 0 Å². The Morgan fingerprint density at radius 1 is 1.07 bits per heavy atom. The SMILES string of the molecule is O=C(c1ccccc1)N1CC(=O)N2[C@H](C1)[C@H](c1ccc(C#CC3CC3)cc1)[C@@H]2CO. The van der Waals surface area contributed by atoms with Gasteiger partial charge in [0.05, 0.1) is 18.7 Å². The first kappa shape index (κ1) is 18.9. The number of hydrogen-bond donors (Lipinski definition) is 1. The van der Waals surface area contributed by atoms with Crippen LogP contribution in [0.4, 0.5) is 0 Å². The van der Waals surface area contributed by atoms with Crippen LogP contribution in [0.2, 0.25) is 0 Å². The fourth-order valence-corrected chi connectivity index (χ4v) is 4.62. The Kier molecular flexibility index (Phi) is 4.80. The van der Waals surface area contributed by atoms with E-state index in [9.17, 15) is 14.7 Å². The number of hydrogen-bond acceptors (Lipinski definition) is 3. The normalized spacial score (nSPS) is 25.1. The lowest BCUT2D eigenvalue weighted by atomic mass is 9.73. The molecule has 1 saturated carbocycles. The maximum Gasteiger partial charge on any atom is 0.254 e. The molecule has 3 fully saturated rings. The summed E-state index contributed by atoms with van der Waals surface area (Å²) in [4.78, 5) is 29.0. The molecular weight excluding hydrogens is 376 g/mol. The van der Waals surface area contributed by atoms with Crippen molar-refractivity contribution in [3.63, 3.8) is 0 Å². The van der Waals surface area contributed by atoms with Gasteiger partial charge in [-0.25, -0.2) is 0 Å². The van der Waals surface area contributed by atoms with Crippen LogP contribution in [-0.2, 0) is 4.79 Å². The quantitative estimate of drug-likeness (QED) is 0.804. The monoisotopic (exact) mass is 400 g/mol. The van der Waals surface area contributed by atoms with Crippen molar-refractivity contribution in [3.8, 4) is 11.8 Å². The highest BCUT2D eigenvalue weighted by atomic mass is 16.3. The first-order chi connectivity index (χ1) is 14.7. The Hall–Kier alpha value is -3.10. The molecule has 152 valence electrons. The second kappa shape index (κ2) is 7.62. The Bertz CT molecular complexity index is 1020. The van der Waals surface area contributed by atoms with Crippen molar-refractivity contribution in [2.45, 2.75) is 30.8 Å². The Balaban J connectivity index is 1.36. The van der Waals surface area contributed by atoms with Crippen LogP contribution in [0.5, 0.6) is 0 Å². The van der Waals surface area contributed by atoms with Gasteiger partial charge < -0.3 is 14.9 Å². The number of carbonyl (C=O) groups excluding carboxylic acids is 2. The standard InChI is InChI=1S/C25H24N2O3/c28-16-22-24(19-12-10-18(11-13-19)9-8-17-6-7-17)21-14-26(15-23(29)27(21)22)25(30)20-4-2-1-3-5-20/h1-5,10-13,17,21-22,24,28H,6-7,14-16H2/t21-,22+,24+/m1/s1. The van der Waals surface area contributed by atoms with E-state index < -0.39 is 0 Å². The molecule has 0 spiro atoms. The topological polar surface area (TPSA) is 60.9 Å². The molecule has 30 heavy (non-hydrogen) atoms. The Labute approximate surface area is 176 Å². The largest absolute Gasteiger partial charge is 0.394 e. The molecular formula is C25H24N2O3. The van der Waals surface area contributed by atoms with Gasteiger partial charge in [0.2, 0.25) is 5.91 Å². The van der Waals surface area contributed by atoms with Crippen LogP contribution >= 0.6 is 0 Å². The minimum Gasteiger partial charge on any atom is -0.394 e. The summed E-state index contributed by atoms with van der Waals surface area (Å²) in [6, 6.07) is 16.8. The molecule has 2 amide bonds. The Morgan fingerprint density at radius 2 is 1.80 bits per heavy atom. The second-order valence-electron chi connectivity index (χ2n) is 8.36. The van der Waals surface area contributed by atoms with Crippen molar-refractivity contribution in [2.75, 3.05) is 19.7 Å². The molecule has 2 saturated heterocycles. The number of amides is 2. The summed E-state index contributed by atoms with van der Waals surface area (Å²) in [5.41, 5.74) is 2.66. The third-order valence-corrected chi connectivity index (χ3v) is 6.35. The number of fused-ring (bicyclic) bond motifs is 1. The maximum absolute atomic E-state index is 12.9. The molecule has 5 nitrogen and oxygen atoms in total. The molecule has 0 bridgehead atoms. The number of benzene rings is 2. The van der Waals surface area contributed by atoms with Crippen molar-refractivity contribution in [3.05, 3.63) is 71.3 Å². The third-order valence-electron chi connectivity index (χ3n) is 6.35. The summed E-state index contributed by atoms with van der Waals surface area (Å²) in [6.45, 7) is 0.454. The van der Waals surface area contributed by atoms with Gasteiger partial charge in [0.1, 0.15) is 6.54 Å². The van der Waals surface area contributed by atoms with E-state index in [1.807, 2.05) is 42.5 Å². The lowest BCUT2D eigenvalue weighted by Gasteiger charge is -2.58. The van der Waals surface area contributed by atoms with Crippen molar-refractivity contribution >= 4 is 11.8 Å². The predicted octanol–water partition coefficient (Wildman–Crippen LogP) is 2.26. The van der Waals surface area contributed by atoms with Gasteiger partial charge in [0.25, 0.3) is 5.91 Å². The van der Waals surface area contributed by atoms with Gasteiger partial charge in [0, 0.05) is 29.5 Å². The third kappa shape index (κ3) is 3.38. The molecule has 0 unspecified atom stereocenters. The summed E-state index contributed by atoms with van der Waals surface area (Å²) >= 11 is 0. The van der Waals surface area contributed by atoms with Gasteiger partial charge >= 0.3 is 0 Å². The van der Waals surface area contributed by atoms with Crippen LogP contribution in [0.1, 0.15) is 40.2 Å². The molecule has 5 heteroatoms. The summed E-state index contributed by atoms with van der Waals surface area (Å²) in [5.74, 6) is 6.83. The van der Waals surface area contributed by atoms with E-state index in [0.717, 1.165) is 11.1 Å². The fourth-order valence-electron chi connectivity index (χ4n) is 4.62. The van der Waals surface area contributed by atoms with E-state index in [-0.39, 0.29) is 43.0 Å². The first-order valence-electron chi connectivity index (χ1n) is 10.5. The van der Waals surface area contributed by atoms with Crippen molar-refractivity contribution in [1.29, 1.82) is 0 Å². The highest BCUT2D eigenvalue weighted by Gasteiger charge is 2.54. The van der Waals surface area contributed by atoms with Gasteiger partial charge in [-0.1, -0.05) is 42.2 Å². The van der Waals surface area contributed by atoms with E-state index >= 15 is 0 Å². The van der Waals surface area contributed by atoms with E-state index in [1.54, 1.807) is 21.9 Å². The highest BCUT2D eigenvalue weighted by Crippen LogP contribution is 2.43. The molecule has 2 aromatic carbocycles. The lowest BCUT2D eigenvalue weighted by molar-refractivity contribution is -0.159. The maximum atomic E-state index is 12.9. The molecule has 5 rings (SSSR count). The van der Waals surface area contributed by atoms with E-state index in [2.05, 4.69) is 11.8 Å². The zero-order valence-corrected chi connectivity index (χ0v) is 16.7. The number of rotatable bonds is 3. The second-order valence-corrected chi connectivity index (χ2v) is 8.36. The van der Waals surface area contributed by atoms with Crippen LogP contribution in [0.3, 0.4) is 0 Å². The summed E-state index contributed by atoms with van der Waals surface area (Å²) in [5, 5.41) is 9.94. The smallest absolute Gasteiger partial charge is 0.254 e. The molecule has 2 heterocycles. The van der Waals surface area contributed by atoms with E-state index in [1.165, 1.54) is 12.8 Å². The average molecular weight is 400 g/mol. The minimum atomic E-state index is -0.236. The lowest BCUT2D eigenvalue weighted by Crippen LogP contribution is -2.73. The Morgan fingerprint density at radius 3 is 2.47 bits per heavy atom. The zero-order chi connectivity index (χ0) is 20.7.